The number of amides is 3. The van der Waals surface area contributed by atoms with Gasteiger partial charge in [0.15, 0.2) is 6.29 Å². The predicted octanol–water partition coefficient (Wildman–Crippen LogP) is 2.31. The third-order valence-electron chi connectivity index (χ3n) is 6.48. The van der Waals surface area contributed by atoms with Crippen LogP contribution in [-0.4, -0.2) is 79.2 Å². The quantitative estimate of drug-likeness (QED) is 0.490. The number of aryl methyl sites for hydroxylation is 1. The van der Waals surface area contributed by atoms with Gasteiger partial charge in [-0.05, 0) is 31.4 Å². The Morgan fingerprint density at radius 3 is 2.84 bits per heavy atom. The lowest BCUT2D eigenvalue weighted by Gasteiger charge is -2.29. The number of anilines is 2. The monoisotopic (exact) mass is 522 g/mol. The van der Waals surface area contributed by atoms with Gasteiger partial charge in [-0.1, -0.05) is 0 Å². The van der Waals surface area contributed by atoms with Gasteiger partial charge in [-0.15, -0.1) is 0 Å². The van der Waals surface area contributed by atoms with Crippen LogP contribution in [0, 0.1) is 11.3 Å². The Labute approximate surface area is 220 Å². The molecule has 4 heterocycles. The number of hydrogen-bond acceptors (Lipinski definition) is 9. The minimum absolute atomic E-state index is 0.113. The van der Waals surface area contributed by atoms with Crippen LogP contribution in [-0.2, 0) is 27.2 Å². The molecule has 1 saturated heterocycles. The summed E-state index contributed by atoms with van der Waals surface area (Å²) in [6.45, 7) is 3.31. The first-order valence-electron chi connectivity index (χ1n) is 12.3. The van der Waals surface area contributed by atoms with Crippen molar-refractivity contribution in [2.24, 2.45) is 0 Å². The number of nitrogens with one attached hydrogen (secondary N) is 1. The van der Waals surface area contributed by atoms with Crippen LogP contribution < -0.4 is 15.0 Å². The highest BCUT2D eigenvalue weighted by Gasteiger charge is 2.33. The zero-order valence-corrected chi connectivity index (χ0v) is 21.6. The number of aromatic nitrogens is 2. The smallest absolute Gasteiger partial charge is 0.328 e. The number of fused-ring (bicyclic) bond motifs is 1. The molecule has 1 N–H and O–H groups in total. The van der Waals surface area contributed by atoms with Crippen molar-refractivity contribution in [1.29, 1.82) is 5.26 Å². The molecule has 3 amide bonds. The number of pyridine rings is 2. The van der Waals surface area contributed by atoms with Gasteiger partial charge in [0.1, 0.15) is 46.9 Å². The number of carbonyl (C=O) groups excluding carboxylic acids is 3. The molecule has 2 aliphatic heterocycles. The number of hydrogen-bond donors (Lipinski definition) is 1. The molecule has 12 heteroatoms. The number of carbonyl (C=O) groups is 3. The summed E-state index contributed by atoms with van der Waals surface area (Å²) in [5.41, 5.74) is 1.85. The fraction of sp³-hybridized carbons (Fsp3) is 0.462. The zero-order valence-electron chi connectivity index (χ0n) is 21.6. The van der Waals surface area contributed by atoms with Gasteiger partial charge in [-0.2, -0.15) is 5.26 Å². The van der Waals surface area contributed by atoms with Crippen molar-refractivity contribution in [2.45, 2.75) is 44.9 Å². The van der Waals surface area contributed by atoms with E-state index in [1.54, 1.807) is 18.9 Å². The fourth-order valence-electron chi connectivity index (χ4n) is 4.63. The van der Waals surface area contributed by atoms with Gasteiger partial charge < -0.3 is 19.1 Å². The minimum Gasteiger partial charge on any atom is -0.487 e. The van der Waals surface area contributed by atoms with Crippen LogP contribution in [0.1, 0.15) is 46.9 Å². The fourth-order valence-corrected chi connectivity index (χ4v) is 4.63. The van der Waals surface area contributed by atoms with Crippen LogP contribution in [0.5, 0.6) is 5.75 Å². The van der Waals surface area contributed by atoms with Gasteiger partial charge in [-0.25, -0.2) is 14.8 Å². The topological polar surface area (TPSA) is 147 Å². The molecule has 12 nitrogen and oxygen atoms in total. The number of urea groups is 1. The number of nitrogens with zero attached hydrogens (tertiary/aromatic N) is 5. The summed E-state index contributed by atoms with van der Waals surface area (Å²) in [5.74, 6) is 0.756. The molecular weight excluding hydrogens is 492 g/mol. The van der Waals surface area contributed by atoms with Crippen LogP contribution in [0.25, 0.3) is 0 Å². The van der Waals surface area contributed by atoms with Crippen LogP contribution in [0.15, 0.2) is 18.3 Å². The van der Waals surface area contributed by atoms with E-state index in [0.717, 1.165) is 5.56 Å². The Balaban J connectivity index is 1.54. The van der Waals surface area contributed by atoms with Crippen molar-refractivity contribution < 1.29 is 28.6 Å². The van der Waals surface area contributed by atoms with E-state index in [-0.39, 0.29) is 41.4 Å². The summed E-state index contributed by atoms with van der Waals surface area (Å²) < 4.78 is 16.1. The second kappa shape index (κ2) is 12.0. The molecule has 0 bridgehead atoms. The molecule has 0 spiro atoms. The molecule has 0 aromatic carbocycles. The average Bonchev–Trinajstić information content (AvgIpc) is 3.26. The molecule has 2 aliphatic rings. The van der Waals surface area contributed by atoms with Crippen LogP contribution in [0.4, 0.5) is 16.4 Å². The Morgan fingerprint density at radius 2 is 2.16 bits per heavy atom. The van der Waals surface area contributed by atoms with E-state index in [1.165, 1.54) is 24.3 Å². The molecular formula is C26H30N6O6. The molecule has 38 heavy (non-hydrogen) atoms. The normalized spacial score (nSPS) is 17.5. The van der Waals surface area contributed by atoms with E-state index in [4.69, 9.17) is 14.2 Å². The number of rotatable bonds is 9. The standard InChI is InChI=1S/C26H30N6O6/c1-16(15-36-2)38-22-10-23(28-12-19(22)11-27)30-26(35)32-7-4-5-17-9-18(20(14-33)29-24(17)32)13-31-8-6-21(37-3)25(31)34/h9-10,12,14,16,21H,4-8,13,15H2,1-3H3,(H,28,30,35)/t16-,21+/m1/s1. The molecule has 2 aromatic heterocycles. The third-order valence-corrected chi connectivity index (χ3v) is 6.48. The third kappa shape index (κ3) is 5.74. The SMILES string of the molecule is COC[C@@H](C)Oc1cc(NC(=O)N2CCCc3cc(CN4CC[C@H](OC)C4=O)c(C=O)nc32)ncc1C#N. The Kier molecular flexibility index (Phi) is 8.50. The summed E-state index contributed by atoms with van der Waals surface area (Å²) in [6, 6.07) is 4.88. The number of aldehydes is 1. The molecule has 0 radical (unpaired) electrons. The molecule has 200 valence electrons. The molecule has 4 rings (SSSR count). The first-order valence-corrected chi connectivity index (χ1v) is 12.3. The van der Waals surface area contributed by atoms with E-state index >= 15 is 0 Å². The lowest BCUT2D eigenvalue weighted by atomic mass is 10.0. The molecule has 0 aliphatic carbocycles. The summed E-state index contributed by atoms with van der Waals surface area (Å²) >= 11 is 0. The number of nitriles is 1. The Bertz CT molecular complexity index is 1260. The number of likely N-dealkylation sites (tertiary alicyclic amines) is 1. The van der Waals surface area contributed by atoms with Crippen molar-refractivity contribution >= 4 is 29.9 Å². The summed E-state index contributed by atoms with van der Waals surface area (Å²) in [4.78, 5) is 49.5. The zero-order chi connectivity index (χ0) is 27.2. The lowest BCUT2D eigenvalue weighted by Crippen LogP contribution is -2.40. The second-order valence-corrected chi connectivity index (χ2v) is 9.15. The van der Waals surface area contributed by atoms with Crippen molar-refractivity contribution in [3.63, 3.8) is 0 Å². The number of methoxy groups -OCH3 is 2. The highest BCUT2D eigenvalue weighted by Crippen LogP contribution is 2.30. The van der Waals surface area contributed by atoms with Gasteiger partial charge >= 0.3 is 6.03 Å². The van der Waals surface area contributed by atoms with Crippen LogP contribution in [0.2, 0.25) is 0 Å². The highest BCUT2D eigenvalue weighted by atomic mass is 16.5. The second-order valence-electron chi connectivity index (χ2n) is 9.15. The average molecular weight is 523 g/mol. The van der Waals surface area contributed by atoms with E-state index in [9.17, 15) is 19.6 Å². The van der Waals surface area contributed by atoms with Crippen molar-refractivity contribution in [3.8, 4) is 11.8 Å². The Morgan fingerprint density at radius 1 is 1.34 bits per heavy atom. The molecule has 1 fully saturated rings. The molecule has 0 saturated carbocycles. The van der Waals surface area contributed by atoms with Gasteiger partial charge in [0.2, 0.25) is 0 Å². The molecule has 2 atom stereocenters. The lowest BCUT2D eigenvalue weighted by molar-refractivity contribution is -0.136. The first kappa shape index (κ1) is 27.0. The van der Waals surface area contributed by atoms with Gasteiger partial charge in [0.25, 0.3) is 5.91 Å². The van der Waals surface area contributed by atoms with E-state index < -0.39 is 12.1 Å². The molecule has 2 aromatic rings. The number of ether oxygens (including phenoxy) is 3. The summed E-state index contributed by atoms with van der Waals surface area (Å²) in [6.07, 6.45) is 3.16. The minimum atomic E-state index is -0.478. The summed E-state index contributed by atoms with van der Waals surface area (Å²) in [5, 5.41) is 12.1. The van der Waals surface area contributed by atoms with Gasteiger partial charge in [0, 0.05) is 51.9 Å². The maximum atomic E-state index is 13.2. The summed E-state index contributed by atoms with van der Waals surface area (Å²) in [7, 11) is 3.06. The maximum Gasteiger partial charge on any atom is 0.328 e. The van der Waals surface area contributed by atoms with Crippen LogP contribution >= 0.6 is 0 Å². The van der Waals surface area contributed by atoms with Gasteiger partial charge in [-0.3, -0.25) is 19.8 Å². The highest BCUT2D eigenvalue weighted by molar-refractivity contribution is 6.01. The maximum absolute atomic E-state index is 13.2. The largest absolute Gasteiger partial charge is 0.487 e. The van der Waals surface area contributed by atoms with Crippen molar-refractivity contribution in [1.82, 2.24) is 14.9 Å². The van der Waals surface area contributed by atoms with Crippen LogP contribution in [0.3, 0.4) is 0 Å². The van der Waals surface area contributed by atoms with Gasteiger partial charge in [0.05, 0.1) is 12.8 Å². The van der Waals surface area contributed by atoms with Crippen molar-refractivity contribution in [3.05, 3.63) is 40.7 Å². The van der Waals surface area contributed by atoms with Crippen molar-refractivity contribution in [2.75, 3.05) is 44.1 Å². The first-order chi connectivity index (χ1) is 18.4. The van der Waals surface area contributed by atoms with E-state index in [0.29, 0.717) is 56.6 Å². The predicted molar refractivity (Wildman–Crippen MR) is 136 cm³/mol. The molecule has 0 unspecified atom stereocenters. The van der Waals surface area contributed by atoms with E-state index in [2.05, 4.69) is 15.3 Å². The van der Waals surface area contributed by atoms with E-state index in [1.807, 2.05) is 12.1 Å². The Hall–Kier alpha value is -4.08.